The van der Waals surface area contributed by atoms with Crippen molar-refractivity contribution in [2.45, 2.75) is 58.1 Å². The number of hydrogen-bond acceptors (Lipinski definition) is 3. The number of nitrogens with one attached hydrogen (secondary N) is 1. The molecule has 5 nitrogen and oxygen atoms in total. The molecule has 1 heterocycles. The number of benzene rings is 3. The second-order valence-corrected chi connectivity index (χ2v) is 10.5. The first-order valence-corrected chi connectivity index (χ1v) is 13.2. The first-order chi connectivity index (χ1) is 18.0. The Kier molecular flexibility index (Phi) is 5.96. The summed E-state index contributed by atoms with van der Waals surface area (Å²) in [7, 11) is 0. The molecule has 5 heteroatoms. The van der Waals surface area contributed by atoms with Gasteiger partial charge in [0.1, 0.15) is 12.2 Å². The molecule has 4 aromatic rings. The lowest BCUT2D eigenvalue weighted by Crippen LogP contribution is -2.21. The van der Waals surface area contributed by atoms with Gasteiger partial charge in [-0.3, -0.25) is 5.32 Å². The number of amides is 1. The predicted molar refractivity (Wildman–Crippen MR) is 147 cm³/mol. The molecule has 2 fully saturated rings. The Bertz CT molecular complexity index is 1520. The number of hydrogen-bond donors (Lipinski definition) is 1. The molecule has 2 aliphatic rings. The number of aryl methyl sites for hydroxylation is 1. The molecule has 2 aliphatic carbocycles. The molecule has 1 N–H and O–H groups in total. The number of nitrogens with zero attached hydrogens (tertiary/aromatic N) is 2. The van der Waals surface area contributed by atoms with Crippen LogP contribution in [0, 0.1) is 24.2 Å². The number of carbonyl (C=O) groups is 1. The van der Waals surface area contributed by atoms with Crippen molar-refractivity contribution in [2.75, 3.05) is 5.32 Å². The molecule has 0 radical (unpaired) electrons. The number of fused-ring (bicyclic) bond motifs is 1. The van der Waals surface area contributed by atoms with E-state index in [0.29, 0.717) is 23.2 Å². The third-order valence-corrected chi connectivity index (χ3v) is 7.89. The minimum Gasteiger partial charge on any atom is -0.446 e. The van der Waals surface area contributed by atoms with Crippen LogP contribution in [0.15, 0.2) is 66.7 Å². The summed E-state index contributed by atoms with van der Waals surface area (Å²) in [6.07, 6.45) is 5.21. The molecule has 186 valence electrons. The van der Waals surface area contributed by atoms with Crippen molar-refractivity contribution in [3.05, 3.63) is 77.9 Å². The van der Waals surface area contributed by atoms with Crippen LogP contribution in [0.2, 0.25) is 0 Å². The number of anilines is 1. The lowest BCUT2D eigenvalue weighted by Gasteiger charge is -2.30. The molecular formula is C32H31N3O2. The van der Waals surface area contributed by atoms with E-state index in [2.05, 4.69) is 65.3 Å². The van der Waals surface area contributed by atoms with Crippen LogP contribution in [0.1, 0.15) is 56.2 Å². The largest absolute Gasteiger partial charge is 0.446 e. The summed E-state index contributed by atoms with van der Waals surface area (Å²) in [6, 6.07) is 25.6. The van der Waals surface area contributed by atoms with Crippen molar-refractivity contribution in [2.24, 2.45) is 5.92 Å². The lowest BCUT2D eigenvalue weighted by molar-refractivity contribution is 0.108. The van der Waals surface area contributed by atoms with Crippen molar-refractivity contribution >= 4 is 22.7 Å². The molecule has 0 unspecified atom stereocenters. The van der Waals surface area contributed by atoms with Crippen LogP contribution in [0.5, 0.6) is 0 Å². The van der Waals surface area contributed by atoms with Gasteiger partial charge in [-0.1, -0.05) is 54.1 Å². The Morgan fingerprint density at radius 1 is 1.00 bits per heavy atom. The zero-order chi connectivity index (χ0) is 25.5. The Morgan fingerprint density at radius 3 is 2.38 bits per heavy atom. The maximum atomic E-state index is 12.3. The highest BCUT2D eigenvalue weighted by Gasteiger charge is 2.31. The van der Waals surface area contributed by atoms with Crippen LogP contribution in [0.3, 0.4) is 0 Å². The van der Waals surface area contributed by atoms with Crippen molar-refractivity contribution < 1.29 is 9.53 Å². The summed E-state index contributed by atoms with van der Waals surface area (Å²) < 4.78 is 7.88. The van der Waals surface area contributed by atoms with E-state index < -0.39 is 6.09 Å². The van der Waals surface area contributed by atoms with E-state index in [9.17, 15) is 10.1 Å². The number of aromatic nitrogens is 1. The van der Waals surface area contributed by atoms with Gasteiger partial charge in [0, 0.05) is 17.1 Å². The molecule has 2 saturated carbocycles. The van der Waals surface area contributed by atoms with Gasteiger partial charge in [0.15, 0.2) is 0 Å². The van der Waals surface area contributed by atoms with E-state index >= 15 is 0 Å². The van der Waals surface area contributed by atoms with Gasteiger partial charge in [-0.15, -0.1) is 0 Å². The topological polar surface area (TPSA) is 67.1 Å². The molecule has 0 aliphatic heterocycles. The average molecular weight is 490 g/mol. The van der Waals surface area contributed by atoms with Crippen LogP contribution in [0.4, 0.5) is 10.5 Å². The monoisotopic (exact) mass is 489 g/mol. The fourth-order valence-corrected chi connectivity index (χ4v) is 5.43. The van der Waals surface area contributed by atoms with Crippen LogP contribution in [-0.4, -0.2) is 16.8 Å². The summed E-state index contributed by atoms with van der Waals surface area (Å²) >= 11 is 0. The summed E-state index contributed by atoms with van der Waals surface area (Å²) in [4.78, 5) is 12.3. The maximum Gasteiger partial charge on any atom is 0.411 e. The molecular weight excluding hydrogens is 458 g/mol. The SMILES string of the molecule is Cc1cccc(-c2ccc3c(C#N)c(-c4ccc(NC(=O)O[C@H](C)C5CC5)cc4)n(C4CCC4)c3c2)c1. The second kappa shape index (κ2) is 9.44. The van der Waals surface area contributed by atoms with Crippen molar-refractivity contribution in [3.63, 3.8) is 0 Å². The molecule has 1 aromatic heterocycles. The fourth-order valence-electron chi connectivity index (χ4n) is 5.43. The zero-order valence-corrected chi connectivity index (χ0v) is 21.3. The van der Waals surface area contributed by atoms with E-state index in [4.69, 9.17) is 4.74 Å². The number of carbonyl (C=O) groups excluding carboxylic acids is 1. The maximum absolute atomic E-state index is 12.3. The van der Waals surface area contributed by atoms with Gasteiger partial charge in [-0.25, -0.2) is 4.79 Å². The van der Waals surface area contributed by atoms with Gasteiger partial charge >= 0.3 is 6.09 Å². The lowest BCUT2D eigenvalue weighted by atomic mass is 9.92. The summed E-state index contributed by atoms with van der Waals surface area (Å²) in [5.74, 6) is 0.498. The van der Waals surface area contributed by atoms with Crippen molar-refractivity contribution in [1.29, 1.82) is 5.26 Å². The van der Waals surface area contributed by atoms with E-state index in [0.717, 1.165) is 53.4 Å². The predicted octanol–water partition coefficient (Wildman–Crippen LogP) is 8.23. The smallest absolute Gasteiger partial charge is 0.411 e. The molecule has 1 amide bonds. The number of ether oxygens (including phenoxy) is 1. The molecule has 1 atom stereocenters. The Balaban J connectivity index is 1.38. The summed E-state index contributed by atoms with van der Waals surface area (Å²) in [5, 5.41) is 14.1. The van der Waals surface area contributed by atoms with Gasteiger partial charge in [-0.2, -0.15) is 5.26 Å². The first-order valence-electron chi connectivity index (χ1n) is 13.2. The van der Waals surface area contributed by atoms with Crippen LogP contribution < -0.4 is 5.32 Å². The van der Waals surface area contributed by atoms with Gasteiger partial charge in [-0.05, 0) is 86.8 Å². The van der Waals surface area contributed by atoms with E-state index in [1.165, 1.54) is 17.5 Å². The van der Waals surface area contributed by atoms with Gasteiger partial charge in [0.25, 0.3) is 0 Å². The van der Waals surface area contributed by atoms with Crippen molar-refractivity contribution in [3.8, 4) is 28.5 Å². The van der Waals surface area contributed by atoms with Gasteiger partial charge in [0.2, 0.25) is 0 Å². The van der Waals surface area contributed by atoms with Crippen LogP contribution >= 0.6 is 0 Å². The molecule has 0 bridgehead atoms. The highest BCUT2D eigenvalue weighted by molar-refractivity contribution is 5.97. The minimum absolute atomic E-state index is 0.0552. The molecule has 0 saturated heterocycles. The Morgan fingerprint density at radius 2 is 1.73 bits per heavy atom. The third-order valence-electron chi connectivity index (χ3n) is 7.89. The van der Waals surface area contributed by atoms with E-state index in [1.54, 1.807) is 0 Å². The summed E-state index contributed by atoms with van der Waals surface area (Å²) in [6.45, 7) is 4.06. The van der Waals surface area contributed by atoms with Crippen LogP contribution in [0.25, 0.3) is 33.3 Å². The zero-order valence-electron chi connectivity index (χ0n) is 21.3. The normalized spacial score (nSPS) is 16.1. The molecule has 0 spiro atoms. The number of nitriles is 1. The number of rotatable bonds is 6. The second-order valence-electron chi connectivity index (χ2n) is 10.5. The minimum atomic E-state index is -0.419. The Hall–Kier alpha value is -4.04. The van der Waals surface area contributed by atoms with Gasteiger partial charge < -0.3 is 9.30 Å². The van der Waals surface area contributed by atoms with Crippen LogP contribution in [-0.2, 0) is 4.74 Å². The first kappa shape index (κ1) is 23.4. The van der Waals surface area contributed by atoms with Gasteiger partial charge in [0.05, 0.1) is 16.8 Å². The quantitative estimate of drug-likeness (QED) is 0.297. The fraction of sp³-hybridized carbons (Fsp3) is 0.312. The van der Waals surface area contributed by atoms with E-state index in [1.807, 2.05) is 31.2 Å². The Labute approximate surface area is 217 Å². The standard InChI is InChI=1S/C32H31N3O2/c1-20-5-3-6-24(17-20)25-13-16-28-29(19-33)31(35(30(28)18-25)27-7-4-8-27)23-11-14-26(15-12-23)34-32(36)37-21(2)22-9-10-22/h3,5-6,11-18,21-22,27H,4,7-10H2,1-2H3,(H,34,36)/t21-/m1/s1. The molecule has 3 aromatic carbocycles. The summed E-state index contributed by atoms with van der Waals surface area (Å²) in [5.41, 5.74) is 7.99. The molecule has 37 heavy (non-hydrogen) atoms. The highest BCUT2D eigenvalue weighted by atomic mass is 16.6. The third kappa shape index (κ3) is 4.49. The van der Waals surface area contributed by atoms with E-state index in [-0.39, 0.29) is 6.10 Å². The molecule has 6 rings (SSSR count). The van der Waals surface area contributed by atoms with Crippen molar-refractivity contribution in [1.82, 2.24) is 4.57 Å². The average Bonchev–Trinajstić information content (AvgIpc) is 3.67. The highest BCUT2D eigenvalue weighted by Crippen LogP contribution is 2.43.